The Hall–Kier alpha value is -8.66. The molecule has 8 nitrogen and oxygen atoms in total. The molecule has 0 atom stereocenters. The van der Waals surface area contributed by atoms with E-state index in [0.717, 1.165) is 98.4 Å². The van der Waals surface area contributed by atoms with Crippen LogP contribution < -0.4 is 0 Å². The molecule has 0 radical (unpaired) electrons. The fraction of sp³-hybridized carbons (Fsp3) is 0. The summed E-state index contributed by atoms with van der Waals surface area (Å²) in [5, 5.41) is 6.39. The highest BCUT2D eigenvalue weighted by Crippen LogP contribution is 2.43. The molecule has 65 heavy (non-hydrogen) atoms. The van der Waals surface area contributed by atoms with Gasteiger partial charge in [0.15, 0.2) is 17.5 Å². The van der Waals surface area contributed by atoms with E-state index < -0.39 is 0 Å². The second-order valence-corrected chi connectivity index (χ2v) is 17.1. The van der Waals surface area contributed by atoms with Gasteiger partial charge in [0.25, 0.3) is 0 Å². The topological polar surface area (TPSA) is 103 Å². The Labute approximate surface area is 375 Å². The molecule has 0 aliphatic rings. The normalized spacial score (nSPS) is 11.7. The van der Waals surface area contributed by atoms with Crippen molar-refractivity contribution in [2.75, 3.05) is 0 Å². The van der Waals surface area contributed by atoms with Gasteiger partial charge < -0.3 is 0 Å². The van der Waals surface area contributed by atoms with Crippen LogP contribution in [0.15, 0.2) is 195 Å². The number of benzene rings is 6. The molecule has 0 N–H and O–H groups in total. The van der Waals surface area contributed by atoms with Crippen molar-refractivity contribution in [3.8, 4) is 67.5 Å². The summed E-state index contributed by atoms with van der Waals surface area (Å²) in [6, 6.07) is 54.8. The number of aromatic nitrogens is 8. The number of pyridine rings is 5. The predicted molar refractivity (Wildman–Crippen MR) is 264 cm³/mol. The number of rotatable bonds is 6. The Kier molecular flexibility index (Phi) is 8.53. The monoisotopic (exact) mass is 848 g/mol. The first kappa shape index (κ1) is 36.9. The molecule has 0 fully saturated rings. The zero-order valence-corrected chi connectivity index (χ0v) is 35.3. The summed E-state index contributed by atoms with van der Waals surface area (Å²) in [5.41, 5.74) is 12.2. The van der Waals surface area contributed by atoms with Gasteiger partial charge in [-0.3, -0.25) is 24.9 Å². The van der Waals surface area contributed by atoms with Gasteiger partial charge in [0.05, 0.1) is 22.1 Å². The molecule has 0 spiro atoms. The molecule has 9 heteroatoms. The third kappa shape index (κ3) is 6.28. The van der Waals surface area contributed by atoms with Crippen molar-refractivity contribution in [1.82, 2.24) is 39.9 Å². The lowest BCUT2D eigenvalue weighted by atomic mass is 9.91. The van der Waals surface area contributed by atoms with Gasteiger partial charge >= 0.3 is 0 Å². The van der Waals surface area contributed by atoms with E-state index >= 15 is 0 Å². The van der Waals surface area contributed by atoms with E-state index in [2.05, 4.69) is 132 Å². The molecule has 0 aliphatic carbocycles. The van der Waals surface area contributed by atoms with Crippen LogP contribution in [0.5, 0.6) is 0 Å². The van der Waals surface area contributed by atoms with Crippen LogP contribution in [0.1, 0.15) is 0 Å². The molecule has 0 saturated heterocycles. The molecule has 0 bridgehead atoms. The Balaban J connectivity index is 1.09. The zero-order chi connectivity index (χ0) is 42.8. The number of hydrogen-bond donors (Lipinski definition) is 0. The van der Waals surface area contributed by atoms with Gasteiger partial charge in [0.2, 0.25) is 0 Å². The fourth-order valence-electron chi connectivity index (χ4n) is 9.12. The number of thiophene rings is 1. The predicted octanol–water partition coefficient (Wildman–Crippen LogP) is 13.8. The maximum atomic E-state index is 5.41. The van der Waals surface area contributed by atoms with Gasteiger partial charge in [-0.25, -0.2) is 15.0 Å². The highest BCUT2D eigenvalue weighted by Gasteiger charge is 2.20. The minimum atomic E-state index is 0.553. The molecule has 0 saturated carbocycles. The van der Waals surface area contributed by atoms with Gasteiger partial charge in [-0.05, 0) is 106 Å². The summed E-state index contributed by atoms with van der Waals surface area (Å²) in [6.45, 7) is 0. The van der Waals surface area contributed by atoms with E-state index in [1.807, 2.05) is 61.3 Å². The van der Waals surface area contributed by atoms with Gasteiger partial charge in [-0.2, -0.15) is 0 Å². The van der Waals surface area contributed by atoms with E-state index in [9.17, 15) is 0 Å². The average molecular weight is 849 g/mol. The van der Waals surface area contributed by atoms with Gasteiger partial charge in [-0.15, -0.1) is 11.3 Å². The van der Waals surface area contributed by atoms with Crippen molar-refractivity contribution in [3.05, 3.63) is 195 Å². The first-order chi connectivity index (χ1) is 32.2. The SMILES string of the molecule is c1cncc(-c2ccc(-c3nc(-c4cc(-c5cc6cccnc6c6ncccc56)cc(-c5cc6cccnc6c6ncccc56)c4)nc(-c4cccc5c4sc4ccccc45)n3)cc2)c1. The van der Waals surface area contributed by atoms with Crippen LogP contribution in [-0.2, 0) is 0 Å². The summed E-state index contributed by atoms with van der Waals surface area (Å²) in [7, 11) is 0. The maximum Gasteiger partial charge on any atom is 0.165 e. The second kappa shape index (κ2) is 15.0. The molecule has 13 aromatic rings. The van der Waals surface area contributed by atoms with E-state index in [-0.39, 0.29) is 0 Å². The summed E-state index contributed by atoms with van der Waals surface area (Å²) in [4.78, 5) is 39.7. The Bertz CT molecular complexity index is 3880. The smallest absolute Gasteiger partial charge is 0.165 e. The van der Waals surface area contributed by atoms with Crippen LogP contribution in [0.2, 0.25) is 0 Å². The lowest BCUT2D eigenvalue weighted by molar-refractivity contribution is 1.08. The average Bonchev–Trinajstić information content (AvgIpc) is 3.77. The third-order valence-corrected chi connectivity index (χ3v) is 13.4. The lowest BCUT2D eigenvalue weighted by Gasteiger charge is -2.16. The van der Waals surface area contributed by atoms with Crippen LogP contribution in [0.4, 0.5) is 0 Å². The second-order valence-electron chi connectivity index (χ2n) is 16.0. The van der Waals surface area contributed by atoms with Crippen LogP contribution in [-0.4, -0.2) is 39.9 Å². The molecular weight excluding hydrogens is 817 g/mol. The fourth-order valence-corrected chi connectivity index (χ4v) is 10.3. The van der Waals surface area contributed by atoms with Gasteiger partial charge in [0, 0.05) is 95.6 Å². The molecule has 7 aromatic heterocycles. The molecule has 0 aliphatic heterocycles. The molecule has 6 aromatic carbocycles. The van der Waals surface area contributed by atoms with Crippen molar-refractivity contribution in [2.24, 2.45) is 0 Å². The number of fused-ring (bicyclic) bond motifs is 9. The third-order valence-electron chi connectivity index (χ3n) is 12.2. The zero-order valence-electron chi connectivity index (χ0n) is 34.5. The summed E-state index contributed by atoms with van der Waals surface area (Å²) < 4.78 is 2.35. The van der Waals surface area contributed by atoms with Crippen molar-refractivity contribution in [3.63, 3.8) is 0 Å². The minimum absolute atomic E-state index is 0.553. The van der Waals surface area contributed by atoms with Crippen LogP contribution in [0.3, 0.4) is 0 Å². The highest BCUT2D eigenvalue weighted by atomic mass is 32.1. The molecule has 0 unspecified atom stereocenters. The van der Waals surface area contributed by atoms with Crippen molar-refractivity contribution in [1.29, 1.82) is 0 Å². The van der Waals surface area contributed by atoms with Crippen molar-refractivity contribution >= 4 is 75.1 Å². The largest absolute Gasteiger partial charge is 0.264 e. The van der Waals surface area contributed by atoms with Crippen LogP contribution >= 0.6 is 11.3 Å². The van der Waals surface area contributed by atoms with Gasteiger partial charge in [-0.1, -0.05) is 84.9 Å². The van der Waals surface area contributed by atoms with E-state index in [0.29, 0.717) is 17.5 Å². The van der Waals surface area contributed by atoms with Gasteiger partial charge in [0.1, 0.15) is 0 Å². The summed E-state index contributed by atoms with van der Waals surface area (Å²) in [5.74, 6) is 1.73. The summed E-state index contributed by atoms with van der Waals surface area (Å²) >= 11 is 1.76. The molecule has 7 heterocycles. The lowest BCUT2D eigenvalue weighted by Crippen LogP contribution is -2.01. The van der Waals surface area contributed by atoms with Crippen LogP contribution in [0.25, 0.3) is 131 Å². The quantitative estimate of drug-likeness (QED) is 0.152. The highest BCUT2D eigenvalue weighted by molar-refractivity contribution is 7.26. The number of hydrogen-bond acceptors (Lipinski definition) is 9. The first-order valence-corrected chi connectivity index (χ1v) is 22.1. The summed E-state index contributed by atoms with van der Waals surface area (Å²) in [6.07, 6.45) is 11.0. The van der Waals surface area contributed by atoms with Crippen LogP contribution in [0, 0.1) is 0 Å². The van der Waals surface area contributed by atoms with E-state index in [1.54, 1.807) is 17.5 Å². The molecule has 302 valence electrons. The van der Waals surface area contributed by atoms with Crippen molar-refractivity contribution < 1.29 is 0 Å². The standard InChI is InChI=1S/C56H32N8S/c1-2-17-48-41(12-1)44-13-3-14-45(53(44)65-48)56-63-54(34-20-18-33(19-21-34)37-11-4-22-57-32-37)62-55(64-56)40-28-38(46-30-35-9-5-23-58-49(35)51-42(46)15-7-25-60-51)27-39(29-40)47-31-36-10-6-24-59-50(36)52-43(47)16-8-26-61-52/h1-32H. The number of nitrogens with zero attached hydrogens (tertiary/aromatic N) is 8. The molecular formula is C56H32N8S. The van der Waals surface area contributed by atoms with E-state index in [4.69, 9.17) is 34.9 Å². The Morgan fingerprint density at radius 2 is 0.862 bits per heavy atom. The molecule has 0 amide bonds. The maximum absolute atomic E-state index is 5.41. The Morgan fingerprint density at radius 3 is 1.52 bits per heavy atom. The van der Waals surface area contributed by atoms with E-state index in [1.165, 1.54) is 15.5 Å². The molecule has 13 rings (SSSR count). The Morgan fingerprint density at radius 1 is 0.323 bits per heavy atom. The van der Waals surface area contributed by atoms with Crippen molar-refractivity contribution in [2.45, 2.75) is 0 Å². The first-order valence-electron chi connectivity index (χ1n) is 21.3. The minimum Gasteiger partial charge on any atom is -0.264 e.